The van der Waals surface area contributed by atoms with Crippen LogP contribution in [0.5, 0.6) is 23.0 Å². The third-order valence-corrected chi connectivity index (χ3v) is 6.51. The van der Waals surface area contributed by atoms with E-state index in [4.69, 9.17) is 9.47 Å². The van der Waals surface area contributed by atoms with Gasteiger partial charge in [0.1, 0.15) is 23.0 Å². The summed E-state index contributed by atoms with van der Waals surface area (Å²) in [6.07, 6.45) is 3.64. The Morgan fingerprint density at radius 2 is 0.936 bits per heavy atom. The smallest absolute Gasteiger partial charge is 0.331 e. The Balaban J connectivity index is 0.000000320. The summed E-state index contributed by atoms with van der Waals surface area (Å²) in [5.41, 5.74) is 2.78. The van der Waals surface area contributed by atoms with Crippen molar-refractivity contribution in [2.45, 2.75) is 38.8 Å². The third-order valence-electron chi connectivity index (χ3n) is 6.51. The Hall–Kier alpha value is -5.12. The van der Waals surface area contributed by atoms with E-state index >= 15 is 0 Å². The maximum atomic E-state index is 12.1. The van der Waals surface area contributed by atoms with E-state index in [2.05, 4.69) is 9.98 Å². The van der Waals surface area contributed by atoms with Gasteiger partial charge >= 0.3 is 11.9 Å². The number of para-hydroxylation sites is 2. The average molecular weight is 690 g/mol. The maximum Gasteiger partial charge on any atom is 0.331 e. The largest absolute Gasteiger partial charge is 0.508 e. The predicted octanol–water partition coefficient (Wildman–Crippen LogP) is 5.38. The van der Waals surface area contributed by atoms with Crippen LogP contribution in [0.3, 0.4) is 0 Å². The van der Waals surface area contributed by atoms with Crippen LogP contribution in [-0.4, -0.2) is 70.1 Å². The van der Waals surface area contributed by atoms with Crippen LogP contribution < -0.4 is 0 Å². The third kappa shape index (κ3) is 13.0. The summed E-state index contributed by atoms with van der Waals surface area (Å²) in [6.45, 7) is 4.03. The van der Waals surface area contributed by atoms with E-state index in [9.17, 15) is 30.0 Å². The number of ether oxygens (including phenoxy) is 2. The first kappa shape index (κ1) is 38.1. The minimum atomic E-state index is -0.709. The number of carbonyl (C=O) groups is 2. The van der Waals surface area contributed by atoms with Gasteiger partial charge in [-0.25, -0.2) is 9.59 Å². The fraction of sp³-hybridized carbons (Fsp3) is 0.222. The van der Waals surface area contributed by atoms with Crippen molar-refractivity contribution in [3.63, 3.8) is 0 Å². The molecule has 0 heterocycles. The molecule has 0 saturated carbocycles. The van der Waals surface area contributed by atoms with E-state index < -0.39 is 24.0 Å². The molecule has 0 bridgehead atoms. The second-order valence-electron chi connectivity index (χ2n) is 9.95. The Morgan fingerprint density at radius 3 is 1.26 bits per heavy atom. The summed E-state index contributed by atoms with van der Waals surface area (Å²) in [4.78, 5) is 32.7. The Labute approximate surface area is 284 Å². The molecule has 251 valence electrons. The number of esters is 2. The summed E-state index contributed by atoms with van der Waals surface area (Å²) in [5.74, 6) is -0.315. The minimum absolute atomic E-state index is 0. The molecule has 0 aliphatic rings. The van der Waals surface area contributed by atoms with Crippen LogP contribution >= 0.6 is 0 Å². The zero-order chi connectivity index (χ0) is 33.3. The number of benzene rings is 4. The summed E-state index contributed by atoms with van der Waals surface area (Å²) < 4.78 is 10.1. The molecular weight excluding hydrogens is 652 g/mol. The molecule has 10 nitrogen and oxygen atoms in total. The molecule has 4 aromatic carbocycles. The molecule has 0 saturated heterocycles. The molecule has 0 fully saturated rings. The number of aliphatic imine (C=N–C) groups is 2. The predicted molar refractivity (Wildman–Crippen MR) is 176 cm³/mol. The van der Waals surface area contributed by atoms with Gasteiger partial charge < -0.3 is 29.9 Å². The Morgan fingerprint density at radius 1 is 0.596 bits per heavy atom. The van der Waals surface area contributed by atoms with Crippen molar-refractivity contribution in [2.24, 2.45) is 9.98 Å². The summed E-state index contributed by atoms with van der Waals surface area (Å²) >= 11 is 0. The zero-order valence-corrected chi connectivity index (χ0v) is 26.9. The number of phenols is 4. The van der Waals surface area contributed by atoms with Gasteiger partial charge in [-0.1, -0.05) is 48.5 Å². The van der Waals surface area contributed by atoms with Gasteiger partial charge in [-0.3, -0.25) is 9.98 Å². The van der Waals surface area contributed by atoms with Gasteiger partial charge in [-0.2, -0.15) is 0 Å². The van der Waals surface area contributed by atoms with Crippen molar-refractivity contribution in [3.05, 3.63) is 119 Å². The van der Waals surface area contributed by atoms with E-state index in [1.54, 1.807) is 111 Å². The van der Waals surface area contributed by atoms with E-state index in [1.807, 2.05) is 0 Å². The molecule has 1 radical (unpaired) electrons. The van der Waals surface area contributed by atoms with Crippen LogP contribution in [0.1, 0.15) is 36.1 Å². The van der Waals surface area contributed by atoms with Crippen LogP contribution in [0.2, 0.25) is 0 Å². The quantitative estimate of drug-likeness (QED) is 0.0877. The number of carbonyl (C=O) groups excluding carboxylic acids is 2. The second-order valence-corrected chi connectivity index (χ2v) is 9.95. The van der Waals surface area contributed by atoms with Crippen LogP contribution in [-0.2, 0) is 49.0 Å². The molecule has 2 unspecified atom stereocenters. The van der Waals surface area contributed by atoms with Crippen molar-refractivity contribution in [2.75, 3.05) is 13.2 Å². The van der Waals surface area contributed by atoms with Crippen molar-refractivity contribution in [1.82, 2.24) is 0 Å². The summed E-state index contributed by atoms with van der Waals surface area (Å²) in [7, 11) is 0. The van der Waals surface area contributed by atoms with Crippen LogP contribution in [0.4, 0.5) is 0 Å². The molecule has 0 spiro atoms. The fourth-order valence-corrected chi connectivity index (χ4v) is 4.12. The molecular formula is C36H38CuN2O8. The first-order valence-corrected chi connectivity index (χ1v) is 14.7. The molecule has 0 aromatic heterocycles. The van der Waals surface area contributed by atoms with Gasteiger partial charge in [0.05, 0.1) is 13.2 Å². The van der Waals surface area contributed by atoms with Crippen LogP contribution in [0.25, 0.3) is 0 Å². The van der Waals surface area contributed by atoms with E-state index in [1.165, 1.54) is 12.4 Å². The van der Waals surface area contributed by atoms with E-state index in [0.29, 0.717) is 24.0 Å². The molecule has 47 heavy (non-hydrogen) atoms. The van der Waals surface area contributed by atoms with Gasteiger partial charge in [-0.15, -0.1) is 0 Å². The number of rotatable bonds is 12. The van der Waals surface area contributed by atoms with Gasteiger partial charge in [0.15, 0.2) is 12.1 Å². The van der Waals surface area contributed by atoms with Gasteiger partial charge in [0, 0.05) is 53.5 Å². The Kier molecular flexibility index (Phi) is 16.3. The number of nitrogens with zero attached hydrogens (tertiary/aromatic N) is 2. The molecule has 2 atom stereocenters. The second kappa shape index (κ2) is 20.1. The molecule has 4 N–H and O–H groups in total. The summed E-state index contributed by atoms with van der Waals surface area (Å²) in [5, 5.41) is 38.1. The maximum absolute atomic E-state index is 12.1. The first-order valence-electron chi connectivity index (χ1n) is 14.7. The number of hydrogen-bond donors (Lipinski definition) is 4. The molecule has 0 amide bonds. The number of phenolic OH excluding ortho intramolecular Hbond substituents is 4. The van der Waals surface area contributed by atoms with Gasteiger partial charge in [0.25, 0.3) is 0 Å². The molecule has 4 rings (SSSR count). The zero-order valence-electron chi connectivity index (χ0n) is 26.0. The molecule has 0 aliphatic carbocycles. The van der Waals surface area contributed by atoms with Crippen molar-refractivity contribution in [3.8, 4) is 23.0 Å². The van der Waals surface area contributed by atoms with Crippen LogP contribution in [0.15, 0.2) is 107 Å². The first-order chi connectivity index (χ1) is 22.2. The van der Waals surface area contributed by atoms with Crippen LogP contribution in [0, 0.1) is 0 Å². The van der Waals surface area contributed by atoms with E-state index in [-0.39, 0.29) is 53.3 Å². The summed E-state index contributed by atoms with van der Waals surface area (Å²) in [6, 6.07) is 25.3. The fourth-order valence-electron chi connectivity index (χ4n) is 4.12. The monoisotopic (exact) mass is 689 g/mol. The number of hydrogen-bond acceptors (Lipinski definition) is 10. The van der Waals surface area contributed by atoms with E-state index in [0.717, 1.165) is 11.1 Å². The number of aromatic hydroxyl groups is 4. The molecule has 4 aromatic rings. The molecule has 11 heteroatoms. The standard InChI is InChI=1S/2C18H19NO4.Cu/c2*1-2-23-18(22)16(11-13-7-9-15(20)10-8-13)19-12-14-5-3-4-6-17(14)21;/h2*3-10,12,16,20-21H,2,11H2,1H3;. The van der Waals surface area contributed by atoms with Crippen molar-refractivity contribution in [1.29, 1.82) is 0 Å². The van der Waals surface area contributed by atoms with Crippen molar-refractivity contribution < 1.29 is 56.6 Å². The normalized spacial score (nSPS) is 12.0. The SMILES string of the molecule is CCOC(=O)C(Cc1ccc(O)cc1)N=Cc1ccccc1O.CCOC(=O)C(Cc1ccc(O)cc1)N=Cc1ccccc1O.[Cu]. The Bertz CT molecular complexity index is 1490. The van der Waals surface area contributed by atoms with Crippen molar-refractivity contribution >= 4 is 24.4 Å². The van der Waals surface area contributed by atoms with Gasteiger partial charge in [-0.05, 0) is 73.5 Å². The topological polar surface area (TPSA) is 158 Å². The minimum Gasteiger partial charge on any atom is -0.508 e. The van der Waals surface area contributed by atoms with Gasteiger partial charge in [0.2, 0.25) is 0 Å². The average Bonchev–Trinajstić information content (AvgIpc) is 3.05. The molecule has 0 aliphatic heterocycles.